The molecule has 1 saturated heterocycles. The third-order valence-electron chi connectivity index (χ3n) is 4.73. The second-order valence-electron chi connectivity index (χ2n) is 6.78. The van der Waals surface area contributed by atoms with Gasteiger partial charge in [-0.2, -0.15) is 0 Å². The first-order valence-electron chi connectivity index (χ1n) is 9.04. The summed E-state index contributed by atoms with van der Waals surface area (Å²) in [5.74, 6) is 0.640. The Labute approximate surface area is 159 Å². The van der Waals surface area contributed by atoms with Gasteiger partial charge in [-0.1, -0.05) is 23.8 Å². The minimum Gasteiger partial charge on any atom is -0.484 e. The zero-order valence-electron chi connectivity index (χ0n) is 15.5. The van der Waals surface area contributed by atoms with Crippen LogP contribution in [0.2, 0.25) is 0 Å². The third kappa shape index (κ3) is 5.30. The summed E-state index contributed by atoms with van der Waals surface area (Å²) in [4.78, 5) is 18.3. The fourth-order valence-corrected chi connectivity index (χ4v) is 3.93. The van der Waals surface area contributed by atoms with Crippen LogP contribution < -0.4 is 10.1 Å². The Kier molecular flexibility index (Phi) is 6.66. The first kappa shape index (κ1) is 18.9. The second kappa shape index (κ2) is 9.16. The standard InChI is InChI=1S/C20H27N3O2S/c1-16-5-7-17(8-6-16)25-15-20(24)21-14-18(19-4-3-13-26-19)23-11-9-22(2)10-12-23/h3-8,13,18H,9-12,14-15H2,1-2H3,(H,21,24). The number of piperazine rings is 1. The van der Waals surface area contributed by atoms with E-state index in [1.54, 1.807) is 11.3 Å². The Balaban J connectivity index is 1.52. The van der Waals surface area contributed by atoms with Crippen LogP contribution in [-0.2, 0) is 4.79 Å². The number of carbonyl (C=O) groups excluding carboxylic acids is 1. The molecule has 3 rings (SSSR count). The molecule has 0 spiro atoms. The van der Waals surface area contributed by atoms with Crippen LogP contribution in [-0.4, -0.2) is 62.1 Å². The molecule has 2 heterocycles. The molecule has 1 aromatic carbocycles. The van der Waals surface area contributed by atoms with E-state index in [0.717, 1.165) is 31.9 Å². The van der Waals surface area contributed by atoms with Crippen molar-refractivity contribution >= 4 is 17.2 Å². The molecule has 1 atom stereocenters. The Bertz CT molecular complexity index is 680. The van der Waals surface area contributed by atoms with Crippen molar-refractivity contribution in [2.24, 2.45) is 0 Å². The molecule has 6 heteroatoms. The molecule has 0 aliphatic carbocycles. The van der Waals surface area contributed by atoms with E-state index in [4.69, 9.17) is 4.74 Å². The number of nitrogens with one attached hydrogen (secondary N) is 1. The quantitative estimate of drug-likeness (QED) is 0.810. The zero-order valence-corrected chi connectivity index (χ0v) is 16.3. The van der Waals surface area contributed by atoms with E-state index in [1.165, 1.54) is 10.4 Å². The first-order valence-corrected chi connectivity index (χ1v) is 9.92. The van der Waals surface area contributed by atoms with E-state index < -0.39 is 0 Å². The van der Waals surface area contributed by atoms with Crippen molar-refractivity contribution in [2.45, 2.75) is 13.0 Å². The highest BCUT2D eigenvalue weighted by Gasteiger charge is 2.25. The van der Waals surface area contributed by atoms with Gasteiger partial charge < -0.3 is 15.0 Å². The largest absolute Gasteiger partial charge is 0.484 e. The lowest BCUT2D eigenvalue weighted by molar-refractivity contribution is -0.123. The Morgan fingerprint density at radius 3 is 2.58 bits per heavy atom. The van der Waals surface area contributed by atoms with Crippen LogP contribution in [0.15, 0.2) is 41.8 Å². The molecular weight excluding hydrogens is 346 g/mol. The number of likely N-dealkylation sites (N-methyl/N-ethyl adjacent to an activating group) is 1. The van der Waals surface area contributed by atoms with Crippen LogP contribution in [0.3, 0.4) is 0 Å². The maximum Gasteiger partial charge on any atom is 0.258 e. The average Bonchev–Trinajstić information content (AvgIpc) is 3.17. The van der Waals surface area contributed by atoms with Crippen molar-refractivity contribution in [1.82, 2.24) is 15.1 Å². The molecule has 1 unspecified atom stereocenters. The molecule has 5 nitrogen and oxygen atoms in total. The number of nitrogens with zero attached hydrogens (tertiary/aromatic N) is 2. The fourth-order valence-electron chi connectivity index (χ4n) is 3.07. The molecule has 140 valence electrons. The molecule has 1 amide bonds. The Morgan fingerprint density at radius 1 is 1.19 bits per heavy atom. The molecule has 1 aromatic heterocycles. The maximum absolute atomic E-state index is 12.2. The van der Waals surface area contributed by atoms with Gasteiger partial charge in [0.2, 0.25) is 0 Å². The van der Waals surface area contributed by atoms with Crippen molar-refractivity contribution in [3.05, 3.63) is 52.2 Å². The molecular formula is C20H27N3O2S. The molecule has 0 radical (unpaired) electrons. The van der Waals surface area contributed by atoms with Crippen LogP contribution in [0.4, 0.5) is 0 Å². The summed E-state index contributed by atoms with van der Waals surface area (Å²) < 4.78 is 5.58. The predicted octanol–water partition coefficient (Wildman–Crippen LogP) is 2.54. The minimum absolute atomic E-state index is 0.0446. The van der Waals surface area contributed by atoms with E-state index in [0.29, 0.717) is 6.54 Å². The summed E-state index contributed by atoms with van der Waals surface area (Å²) in [7, 11) is 2.15. The van der Waals surface area contributed by atoms with E-state index in [-0.39, 0.29) is 18.6 Å². The lowest BCUT2D eigenvalue weighted by atomic mass is 10.1. The molecule has 26 heavy (non-hydrogen) atoms. The van der Waals surface area contributed by atoms with Gasteiger partial charge in [-0.3, -0.25) is 9.69 Å². The number of hydrogen-bond acceptors (Lipinski definition) is 5. The molecule has 1 aliphatic heterocycles. The highest BCUT2D eigenvalue weighted by molar-refractivity contribution is 7.10. The predicted molar refractivity (Wildman–Crippen MR) is 106 cm³/mol. The van der Waals surface area contributed by atoms with E-state index in [9.17, 15) is 4.79 Å². The highest BCUT2D eigenvalue weighted by atomic mass is 32.1. The van der Waals surface area contributed by atoms with Gasteiger partial charge in [-0.05, 0) is 37.6 Å². The van der Waals surface area contributed by atoms with Crippen LogP contribution in [0.5, 0.6) is 5.75 Å². The molecule has 1 aliphatic rings. The van der Waals surface area contributed by atoms with Gasteiger partial charge in [-0.15, -0.1) is 11.3 Å². The van der Waals surface area contributed by atoms with Crippen LogP contribution in [0.1, 0.15) is 16.5 Å². The zero-order chi connectivity index (χ0) is 18.4. The third-order valence-corrected chi connectivity index (χ3v) is 5.71. The molecule has 2 aromatic rings. The van der Waals surface area contributed by atoms with Gasteiger partial charge in [0, 0.05) is 37.6 Å². The Morgan fingerprint density at radius 2 is 1.92 bits per heavy atom. The van der Waals surface area contributed by atoms with Crippen molar-refractivity contribution in [3.8, 4) is 5.75 Å². The first-order chi connectivity index (χ1) is 12.6. The number of ether oxygens (including phenoxy) is 1. The average molecular weight is 374 g/mol. The minimum atomic E-state index is -0.0822. The monoisotopic (exact) mass is 373 g/mol. The normalized spacial score (nSPS) is 17.0. The van der Waals surface area contributed by atoms with Crippen molar-refractivity contribution in [3.63, 3.8) is 0 Å². The van der Waals surface area contributed by atoms with E-state index in [2.05, 4.69) is 39.7 Å². The smallest absolute Gasteiger partial charge is 0.258 e. The lowest BCUT2D eigenvalue weighted by Crippen LogP contribution is -2.48. The summed E-state index contributed by atoms with van der Waals surface area (Å²) in [6.07, 6.45) is 0. The molecule has 1 fully saturated rings. The highest BCUT2D eigenvalue weighted by Crippen LogP contribution is 2.25. The second-order valence-corrected chi connectivity index (χ2v) is 7.76. The maximum atomic E-state index is 12.2. The number of rotatable bonds is 7. The van der Waals surface area contributed by atoms with Crippen LogP contribution in [0, 0.1) is 6.92 Å². The van der Waals surface area contributed by atoms with Crippen LogP contribution in [0.25, 0.3) is 0 Å². The van der Waals surface area contributed by atoms with Crippen molar-refractivity contribution in [1.29, 1.82) is 0 Å². The fraction of sp³-hybridized carbons (Fsp3) is 0.450. The summed E-state index contributed by atoms with van der Waals surface area (Å²) in [6.45, 7) is 6.85. The van der Waals surface area contributed by atoms with Gasteiger partial charge in [0.1, 0.15) is 5.75 Å². The number of amides is 1. The van der Waals surface area contributed by atoms with Gasteiger partial charge >= 0.3 is 0 Å². The number of thiophene rings is 1. The molecule has 1 N–H and O–H groups in total. The number of benzene rings is 1. The summed E-state index contributed by atoms with van der Waals surface area (Å²) in [6, 6.07) is 12.2. The van der Waals surface area contributed by atoms with Crippen molar-refractivity contribution in [2.75, 3.05) is 46.4 Å². The molecule has 0 bridgehead atoms. The topological polar surface area (TPSA) is 44.8 Å². The number of aryl methyl sites for hydroxylation is 1. The van der Waals surface area contributed by atoms with Crippen LogP contribution >= 0.6 is 11.3 Å². The summed E-state index contributed by atoms with van der Waals surface area (Å²) in [5.41, 5.74) is 1.17. The van der Waals surface area contributed by atoms with E-state index >= 15 is 0 Å². The van der Waals surface area contributed by atoms with Gasteiger partial charge in [-0.25, -0.2) is 0 Å². The van der Waals surface area contributed by atoms with Gasteiger partial charge in [0.05, 0.1) is 6.04 Å². The van der Waals surface area contributed by atoms with Crippen molar-refractivity contribution < 1.29 is 9.53 Å². The lowest BCUT2D eigenvalue weighted by Gasteiger charge is -2.37. The van der Waals surface area contributed by atoms with Gasteiger partial charge in [0.15, 0.2) is 6.61 Å². The summed E-state index contributed by atoms with van der Waals surface area (Å²) >= 11 is 1.75. The number of hydrogen-bond donors (Lipinski definition) is 1. The molecule has 0 saturated carbocycles. The number of carbonyl (C=O) groups is 1. The SMILES string of the molecule is Cc1ccc(OCC(=O)NCC(c2cccs2)N2CCN(C)CC2)cc1. The summed E-state index contributed by atoms with van der Waals surface area (Å²) in [5, 5.41) is 5.15. The van der Waals surface area contributed by atoms with E-state index in [1.807, 2.05) is 31.2 Å². The Hall–Kier alpha value is -1.89. The van der Waals surface area contributed by atoms with Gasteiger partial charge in [0.25, 0.3) is 5.91 Å².